The highest BCUT2D eigenvalue weighted by Gasteiger charge is 2.39. The van der Waals surface area contributed by atoms with Crippen LogP contribution in [0.2, 0.25) is 0 Å². The van der Waals surface area contributed by atoms with Gasteiger partial charge in [0.15, 0.2) is 11.5 Å². The molecule has 7 nitrogen and oxygen atoms in total. The van der Waals surface area contributed by atoms with Crippen LogP contribution in [0.5, 0.6) is 17.4 Å². The summed E-state index contributed by atoms with van der Waals surface area (Å²) < 4.78 is 19.1. The molecule has 0 fully saturated rings. The highest BCUT2D eigenvalue weighted by Crippen LogP contribution is 2.50. The predicted molar refractivity (Wildman–Crippen MR) is 128 cm³/mol. The molecule has 0 saturated carbocycles. The van der Waals surface area contributed by atoms with Crippen molar-refractivity contribution in [2.24, 2.45) is 5.73 Å². The number of nitriles is 1. The van der Waals surface area contributed by atoms with Gasteiger partial charge in [0.1, 0.15) is 17.3 Å². The van der Waals surface area contributed by atoms with Gasteiger partial charge in [-0.05, 0) is 18.2 Å². The maximum absolute atomic E-state index is 10.1. The highest BCUT2D eigenvalue weighted by molar-refractivity contribution is 5.73. The summed E-state index contributed by atoms with van der Waals surface area (Å²) >= 11 is 0. The zero-order valence-corrected chi connectivity index (χ0v) is 18.7. The molecule has 1 atom stereocenters. The van der Waals surface area contributed by atoms with E-state index in [0.717, 1.165) is 22.4 Å². The fourth-order valence-corrected chi connectivity index (χ4v) is 4.34. The Hall–Kier alpha value is -4.70. The van der Waals surface area contributed by atoms with Gasteiger partial charge < -0.3 is 19.9 Å². The van der Waals surface area contributed by atoms with Crippen LogP contribution in [0.25, 0.3) is 16.9 Å². The number of ether oxygens (including phenoxy) is 3. The zero-order chi connectivity index (χ0) is 23.7. The molecule has 0 saturated heterocycles. The Kier molecular flexibility index (Phi) is 5.40. The van der Waals surface area contributed by atoms with Crippen LogP contribution in [0.3, 0.4) is 0 Å². The van der Waals surface area contributed by atoms with Gasteiger partial charge in [-0.2, -0.15) is 15.0 Å². The van der Waals surface area contributed by atoms with Crippen molar-refractivity contribution in [1.82, 2.24) is 9.78 Å². The van der Waals surface area contributed by atoms with Gasteiger partial charge >= 0.3 is 0 Å². The van der Waals surface area contributed by atoms with Crippen molar-refractivity contribution in [2.45, 2.75) is 5.92 Å². The first-order valence-electron chi connectivity index (χ1n) is 10.7. The Labute approximate surface area is 197 Å². The van der Waals surface area contributed by atoms with E-state index in [1.54, 1.807) is 18.9 Å². The van der Waals surface area contributed by atoms with Crippen LogP contribution in [0.1, 0.15) is 17.0 Å². The monoisotopic (exact) mass is 450 g/mol. The van der Waals surface area contributed by atoms with Crippen molar-refractivity contribution >= 4 is 0 Å². The summed E-state index contributed by atoms with van der Waals surface area (Å²) in [4.78, 5) is 0. The lowest BCUT2D eigenvalue weighted by atomic mass is 9.82. The van der Waals surface area contributed by atoms with Crippen LogP contribution in [-0.4, -0.2) is 24.0 Å². The number of para-hydroxylation sites is 2. The normalized spacial score (nSPS) is 14.7. The van der Waals surface area contributed by atoms with Crippen LogP contribution in [0.4, 0.5) is 0 Å². The molecular weight excluding hydrogens is 428 g/mol. The number of benzene rings is 3. The molecule has 3 aromatic carbocycles. The third kappa shape index (κ3) is 3.33. The Morgan fingerprint density at radius 2 is 1.65 bits per heavy atom. The Morgan fingerprint density at radius 3 is 2.29 bits per heavy atom. The highest BCUT2D eigenvalue weighted by atomic mass is 16.5. The number of rotatable bonds is 5. The molecule has 1 aliphatic rings. The van der Waals surface area contributed by atoms with Gasteiger partial charge in [-0.15, -0.1) is 0 Å². The van der Waals surface area contributed by atoms with Crippen molar-refractivity contribution in [3.63, 3.8) is 0 Å². The van der Waals surface area contributed by atoms with Gasteiger partial charge in [0.05, 0.1) is 31.4 Å². The minimum Gasteiger partial charge on any atom is -0.493 e. The molecule has 168 valence electrons. The molecule has 0 spiro atoms. The van der Waals surface area contributed by atoms with E-state index in [2.05, 4.69) is 6.07 Å². The van der Waals surface area contributed by atoms with Crippen LogP contribution in [-0.2, 0) is 0 Å². The third-order valence-corrected chi connectivity index (χ3v) is 5.84. The van der Waals surface area contributed by atoms with Gasteiger partial charge in [0.25, 0.3) is 0 Å². The van der Waals surface area contributed by atoms with Gasteiger partial charge in [0.2, 0.25) is 11.8 Å². The number of methoxy groups -OCH3 is 2. The van der Waals surface area contributed by atoms with Gasteiger partial charge in [-0.3, -0.25) is 0 Å². The first kappa shape index (κ1) is 21.2. The second-order valence-corrected chi connectivity index (χ2v) is 7.69. The summed E-state index contributed by atoms with van der Waals surface area (Å²) in [5, 5.41) is 15.1. The molecule has 1 aliphatic heterocycles. The third-order valence-electron chi connectivity index (χ3n) is 5.84. The Morgan fingerprint density at radius 1 is 0.941 bits per heavy atom. The number of nitrogens with two attached hydrogens (primary N) is 1. The van der Waals surface area contributed by atoms with Crippen LogP contribution in [0, 0.1) is 11.3 Å². The van der Waals surface area contributed by atoms with E-state index in [9.17, 15) is 5.26 Å². The maximum atomic E-state index is 10.1. The molecule has 0 radical (unpaired) electrons. The minimum atomic E-state index is -0.577. The van der Waals surface area contributed by atoms with Crippen molar-refractivity contribution < 1.29 is 14.2 Å². The summed E-state index contributed by atoms with van der Waals surface area (Å²) in [6.45, 7) is 0. The van der Waals surface area contributed by atoms with Crippen LogP contribution in [0.15, 0.2) is 90.3 Å². The molecule has 1 unspecified atom stereocenters. The van der Waals surface area contributed by atoms with Crippen LogP contribution < -0.4 is 19.9 Å². The summed E-state index contributed by atoms with van der Waals surface area (Å²) in [6, 6.07) is 27.3. The average molecular weight is 450 g/mol. The predicted octanol–water partition coefficient (Wildman–Crippen LogP) is 4.77. The Balaban J connectivity index is 1.86. The number of nitrogens with zero attached hydrogens (tertiary/aromatic N) is 3. The molecule has 5 rings (SSSR count). The molecule has 4 aromatic rings. The number of allylic oxidation sites excluding steroid dienone is 1. The fourth-order valence-electron chi connectivity index (χ4n) is 4.34. The van der Waals surface area contributed by atoms with E-state index in [0.29, 0.717) is 23.1 Å². The van der Waals surface area contributed by atoms with Crippen molar-refractivity contribution in [3.8, 4) is 40.4 Å². The van der Waals surface area contributed by atoms with Crippen LogP contribution >= 0.6 is 0 Å². The SMILES string of the molecule is COc1cccc(C2C(C#N)=C(N)Oc3c2c(-c2ccccc2)nn3-c2ccccc2)c1OC. The van der Waals surface area contributed by atoms with E-state index in [4.69, 9.17) is 25.0 Å². The quantitative estimate of drug-likeness (QED) is 0.470. The second kappa shape index (κ2) is 8.68. The van der Waals surface area contributed by atoms with Gasteiger partial charge in [-0.1, -0.05) is 60.7 Å². The summed E-state index contributed by atoms with van der Waals surface area (Å²) in [5.41, 5.74) is 10.4. The molecular formula is C27H22N4O3. The second-order valence-electron chi connectivity index (χ2n) is 7.69. The largest absolute Gasteiger partial charge is 0.493 e. The fraction of sp³-hybridized carbons (Fsp3) is 0.111. The number of fused-ring (bicyclic) bond motifs is 1. The molecule has 7 heteroatoms. The molecule has 0 amide bonds. The molecule has 0 aliphatic carbocycles. The standard InChI is InChI=1S/C27H22N4O3/c1-32-21-15-9-14-19(25(21)33-2)22-20(16-28)26(29)34-27-23(22)24(17-10-5-3-6-11-17)30-31(27)18-12-7-4-8-13-18/h3-15,22H,29H2,1-2H3. The first-order chi connectivity index (χ1) is 16.7. The maximum Gasteiger partial charge on any atom is 0.229 e. The summed E-state index contributed by atoms with van der Waals surface area (Å²) in [6.07, 6.45) is 0. The summed E-state index contributed by atoms with van der Waals surface area (Å²) in [5.74, 6) is 0.986. The van der Waals surface area contributed by atoms with Gasteiger partial charge in [-0.25, -0.2) is 0 Å². The smallest absolute Gasteiger partial charge is 0.229 e. The van der Waals surface area contributed by atoms with Crippen molar-refractivity contribution in [3.05, 3.63) is 101 Å². The number of hydrogen-bond acceptors (Lipinski definition) is 6. The van der Waals surface area contributed by atoms with E-state index < -0.39 is 5.92 Å². The lowest BCUT2D eigenvalue weighted by Gasteiger charge is -2.26. The molecule has 2 N–H and O–H groups in total. The topological polar surface area (TPSA) is 95.3 Å². The molecule has 2 heterocycles. The number of aromatic nitrogens is 2. The molecule has 34 heavy (non-hydrogen) atoms. The summed E-state index contributed by atoms with van der Waals surface area (Å²) in [7, 11) is 3.15. The van der Waals surface area contributed by atoms with E-state index in [1.165, 1.54) is 0 Å². The van der Waals surface area contributed by atoms with Crippen molar-refractivity contribution in [1.29, 1.82) is 5.26 Å². The lowest BCUT2D eigenvalue weighted by Crippen LogP contribution is -2.22. The Bertz CT molecular complexity index is 1420. The van der Waals surface area contributed by atoms with E-state index in [-0.39, 0.29) is 11.5 Å². The molecule has 1 aromatic heterocycles. The van der Waals surface area contributed by atoms with Gasteiger partial charge in [0, 0.05) is 11.1 Å². The van der Waals surface area contributed by atoms with E-state index >= 15 is 0 Å². The lowest BCUT2D eigenvalue weighted by molar-refractivity contribution is 0.346. The first-order valence-corrected chi connectivity index (χ1v) is 10.7. The minimum absolute atomic E-state index is 0.0292. The zero-order valence-electron chi connectivity index (χ0n) is 18.7. The number of hydrogen-bond donors (Lipinski definition) is 1. The van der Waals surface area contributed by atoms with Crippen molar-refractivity contribution in [2.75, 3.05) is 14.2 Å². The molecule has 0 bridgehead atoms. The average Bonchev–Trinajstić information content (AvgIpc) is 3.27. The van der Waals surface area contributed by atoms with E-state index in [1.807, 2.05) is 78.9 Å².